The molecule has 5 rings (SSSR count). The molecule has 0 heterocycles. The van der Waals surface area contributed by atoms with E-state index in [4.69, 9.17) is 4.74 Å². The van der Waals surface area contributed by atoms with E-state index in [1.807, 2.05) is 0 Å². The van der Waals surface area contributed by atoms with E-state index in [1.165, 1.54) is 57.8 Å². The molecular weight excluding hydrogens is 524 g/mol. The van der Waals surface area contributed by atoms with Crippen LogP contribution in [-0.2, 0) is 0 Å². The molecule has 1 unspecified atom stereocenters. The molecule has 5 heteroatoms. The minimum Gasteiger partial charge on any atom is -0.494 e. The van der Waals surface area contributed by atoms with Crippen LogP contribution in [-0.4, -0.2) is 7.11 Å². The molecule has 0 aromatic heterocycles. The molecular formula is C36H38F4O. The van der Waals surface area contributed by atoms with Gasteiger partial charge in [0.1, 0.15) is 0 Å². The maximum absolute atomic E-state index is 15.3. The van der Waals surface area contributed by atoms with Gasteiger partial charge in [-0.1, -0.05) is 67.5 Å². The van der Waals surface area contributed by atoms with Gasteiger partial charge in [-0.25, -0.2) is 13.2 Å². The van der Waals surface area contributed by atoms with Crippen LogP contribution in [0.2, 0.25) is 0 Å². The van der Waals surface area contributed by atoms with Gasteiger partial charge in [0.2, 0.25) is 5.82 Å². The number of methoxy groups -OCH3 is 1. The van der Waals surface area contributed by atoms with Crippen molar-refractivity contribution in [2.45, 2.75) is 64.7 Å². The van der Waals surface area contributed by atoms with Gasteiger partial charge in [0.05, 0.1) is 7.11 Å². The molecule has 0 N–H and O–H groups in total. The van der Waals surface area contributed by atoms with Crippen LogP contribution >= 0.6 is 0 Å². The van der Waals surface area contributed by atoms with Gasteiger partial charge in [-0.05, 0) is 98.5 Å². The molecule has 1 fully saturated rings. The van der Waals surface area contributed by atoms with E-state index in [0.717, 1.165) is 36.7 Å². The van der Waals surface area contributed by atoms with E-state index in [2.05, 4.69) is 25.2 Å². The SMILES string of the molecule is CC=CCCC1CCC(C2CC=C(c3ccc(-c4ccc(-c5ccc(OC)c(F)c5F)cc4)c(F)c3F)CC2)CC1. The van der Waals surface area contributed by atoms with Crippen molar-refractivity contribution in [3.8, 4) is 28.0 Å². The summed E-state index contributed by atoms with van der Waals surface area (Å²) in [6.07, 6.45) is 16.9. The normalized spacial score (nSPS) is 21.2. The molecule has 0 aliphatic heterocycles. The van der Waals surface area contributed by atoms with Crippen molar-refractivity contribution in [2.24, 2.45) is 17.8 Å². The monoisotopic (exact) mass is 562 g/mol. The van der Waals surface area contributed by atoms with Crippen molar-refractivity contribution in [3.63, 3.8) is 0 Å². The topological polar surface area (TPSA) is 9.23 Å². The number of rotatable bonds is 8. The van der Waals surface area contributed by atoms with Gasteiger partial charge in [-0.15, -0.1) is 0 Å². The van der Waals surface area contributed by atoms with Gasteiger partial charge in [0.25, 0.3) is 0 Å². The summed E-state index contributed by atoms with van der Waals surface area (Å²) in [5.74, 6) is -1.78. The van der Waals surface area contributed by atoms with E-state index in [1.54, 1.807) is 36.4 Å². The lowest BCUT2D eigenvalue weighted by Gasteiger charge is -2.35. The average molecular weight is 563 g/mol. The number of hydrogen-bond donors (Lipinski definition) is 0. The number of benzene rings is 3. The zero-order chi connectivity index (χ0) is 28.9. The second kappa shape index (κ2) is 13.1. The van der Waals surface area contributed by atoms with Crippen LogP contribution in [0, 0.1) is 41.0 Å². The molecule has 2 aliphatic carbocycles. The molecule has 0 amide bonds. The van der Waals surface area contributed by atoms with Crippen molar-refractivity contribution in [1.82, 2.24) is 0 Å². The van der Waals surface area contributed by atoms with E-state index in [0.29, 0.717) is 22.6 Å². The summed E-state index contributed by atoms with van der Waals surface area (Å²) in [5.41, 5.74) is 2.32. The maximum atomic E-state index is 15.3. The zero-order valence-electron chi connectivity index (χ0n) is 23.9. The van der Waals surface area contributed by atoms with Crippen LogP contribution in [0.15, 0.2) is 66.8 Å². The van der Waals surface area contributed by atoms with Crippen molar-refractivity contribution in [1.29, 1.82) is 0 Å². The summed E-state index contributed by atoms with van der Waals surface area (Å²) in [5, 5.41) is 0. The maximum Gasteiger partial charge on any atom is 0.201 e. The highest BCUT2D eigenvalue weighted by Gasteiger charge is 2.29. The number of ether oxygens (including phenoxy) is 1. The number of halogens is 4. The average Bonchev–Trinajstić information content (AvgIpc) is 3.01. The molecule has 3 aromatic rings. The molecule has 0 spiro atoms. The summed E-state index contributed by atoms with van der Waals surface area (Å²) in [7, 11) is 1.27. The second-order valence-corrected chi connectivity index (χ2v) is 11.5. The standard InChI is InChI=1S/C36H38F4O/c1-3-4-5-6-23-7-9-24(10-8-23)25-11-13-26(14-12-25)29-19-20-30(34(38)33(29)37)27-15-17-28(18-16-27)31-21-22-32(41-2)36(40)35(31)39/h3-4,13,15-25H,5-12,14H2,1-2H3. The highest BCUT2D eigenvalue weighted by Crippen LogP contribution is 2.43. The van der Waals surface area contributed by atoms with Crippen LogP contribution in [0.3, 0.4) is 0 Å². The fourth-order valence-electron chi connectivity index (χ4n) is 6.74. The molecule has 41 heavy (non-hydrogen) atoms. The molecule has 0 radical (unpaired) electrons. The molecule has 1 nitrogen and oxygen atoms in total. The lowest BCUT2D eigenvalue weighted by atomic mass is 9.70. The third-order valence-electron chi connectivity index (χ3n) is 9.19. The van der Waals surface area contributed by atoms with Gasteiger partial charge < -0.3 is 4.74 Å². The van der Waals surface area contributed by atoms with Crippen molar-refractivity contribution >= 4 is 5.57 Å². The van der Waals surface area contributed by atoms with Gasteiger partial charge in [-0.2, -0.15) is 4.39 Å². The Morgan fingerprint density at radius 1 is 0.707 bits per heavy atom. The first-order valence-corrected chi connectivity index (χ1v) is 14.8. The Morgan fingerprint density at radius 3 is 1.88 bits per heavy atom. The Labute approximate surface area is 240 Å². The lowest BCUT2D eigenvalue weighted by Crippen LogP contribution is -2.23. The quantitative estimate of drug-likeness (QED) is 0.196. The largest absolute Gasteiger partial charge is 0.494 e. The second-order valence-electron chi connectivity index (χ2n) is 11.5. The Balaban J connectivity index is 1.25. The van der Waals surface area contributed by atoms with Crippen LogP contribution in [0.1, 0.15) is 70.3 Å². The Kier molecular flexibility index (Phi) is 9.32. The summed E-state index contributed by atoms with van der Waals surface area (Å²) < 4.78 is 64.2. The first-order chi connectivity index (χ1) is 19.9. The molecule has 2 aliphatic rings. The Morgan fingerprint density at radius 2 is 1.29 bits per heavy atom. The highest BCUT2D eigenvalue weighted by molar-refractivity contribution is 5.74. The molecule has 216 valence electrons. The number of hydrogen-bond acceptors (Lipinski definition) is 1. The predicted octanol–water partition coefficient (Wildman–Crippen LogP) is 10.9. The summed E-state index contributed by atoms with van der Waals surface area (Å²) in [6, 6.07) is 12.4. The van der Waals surface area contributed by atoms with Crippen molar-refractivity contribution in [2.75, 3.05) is 7.11 Å². The molecule has 1 saturated carbocycles. The molecule has 0 saturated heterocycles. The van der Waals surface area contributed by atoms with E-state index < -0.39 is 23.3 Å². The first-order valence-electron chi connectivity index (χ1n) is 14.8. The Bertz CT molecular complexity index is 1410. The first kappa shape index (κ1) is 29.2. The van der Waals surface area contributed by atoms with Crippen LogP contribution in [0.25, 0.3) is 27.8 Å². The minimum atomic E-state index is -1.07. The Hall–Kier alpha value is -3.34. The van der Waals surface area contributed by atoms with Gasteiger partial charge in [-0.3, -0.25) is 0 Å². The van der Waals surface area contributed by atoms with Crippen molar-refractivity contribution < 1.29 is 22.3 Å². The fraction of sp³-hybridized carbons (Fsp3) is 0.389. The fourth-order valence-corrected chi connectivity index (χ4v) is 6.74. The van der Waals surface area contributed by atoms with E-state index in [9.17, 15) is 8.78 Å². The van der Waals surface area contributed by atoms with E-state index in [-0.39, 0.29) is 16.9 Å². The summed E-state index contributed by atoms with van der Waals surface area (Å²) >= 11 is 0. The number of allylic oxidation sites excluding steroid dienone is 4. The molecule has 3 aromatic carbocycles. The zero-order valence-corrected chi connectivity index (χ0v) is 23.9. The third kappa shape index (κ3) is 6.29. The lowest BCUT2D eigenvalue weighted by molar-refractivity contribution is 0.190. The van der Waals surface area contributed by atoms with Gasteiger partial charge >= 0.3 is 0 Å². The van der Waals surface area contributed by atoms with E-state index >= 15 is 8.78 Å². The third-order valence-corrected chi connectivity index (χ3v) is 9.19. The minimum absolute atomic E-state index is 0.0665. The highest BCUT2D eigenvalue weighted by atomic mass is 19.2. The summed E-state index contributed by atoms with van der Waals surface area (Å²) in [4.78, 5) is 0. The summed E-state index contributed by atoms with van der Waals surface area (Å²) in [6.45, 7) is 2.08. The smallest absolute Gasteiger partial charge is 0.201 e. The van der Waals surface area contributed by atoms with Crippen LogP contribution < -0.4 is 4.74 Å². The predicted molar refractivity (Wildman–Crippen MR) is 159 cm³/mol. The van der Waals surface area contributed by atoms with Gasteiger partial charge in [0, 0.05) is 16.7 Å². The molecule has 0 bridgehead atoms. The van der Waals surface area contributed by atoms with Gasteiger partial charge in [0.15, 0.2) is 23.2 Å². The van der Waals surface area contributed by atoms with Crippen LogP contribution in [0.4, 0.5) is 17.6 Å². The van der Waals surface area contributed by atoms with Crippen molar-refractivity contribution in [3.05, 3.63) is 95.6 Å². The molecule has 1 atom stereocenters. The van der Waals surface area contributed by atoms with Crippen LogP contribution in [0.5, 0.6) is 5.75 Å².